The number of carbonyl (C=O) groups excluding carboxylic acids is 1. The van der Waals surface area contributed by atoms with Gasteiger partial charge < -0.3 is 20.3 Å². The molecule has 0 aliphatic carbocycles. The van der Waals surface area contributed by atoms with Crippen molar-refractivity contribution in [2.45, 2.75) is 39.2 Å². The number of methoxy groups -OCH3 is 1. The molecule has 3 rings (SSSR count). The monoisotopic (exact) mass is 369 g/mol. The van der Waals surface area contributed by atoms with Gasteiger partial charge in [-0.15, -0.1) is 0 Å². The van der Waals surface area contributed by atoms with E-state index in [1.165, 1.54) is 0 Å². The van der Waals surface area contributed by atoms with Gasteiger partial charge in [0.2, 0.25) is 11.9 Å². The fourth-order valence-electron chi connectivity index (χ4n) is 3.26. The van der Waals surface area contributed by atoms with Gasteiger partial charge in [-0.3, -0.25) is 4.79 Å². The van der Waals surface area contributed by atoms with Gasteiger partial charge in [0.15, 0.2) is 0 Å². The Hall–Kier alpha value is -2.83. The molecule has 1 aromatic carbocycles. The Morgan fingerprint density at radius 2 is 2.07 bits per heavy atom. The van der Waals surface area contributed by atoms with Crippen LogP contribution in [0.3, 0.4) is 0 Å². The van der Waals surface area contributed by atoms with Crippen LogP contribution in [0.5, 0.6) is 5.75 Å². The Bertz CT molecular complexity index is 778. The SMILES string of the molecule is CCCc1cc(N2CCC(NC(C)=O)C2)nc(Nc2ccc(OC)cc2)n1. The van der Waals surface area contributed by atoms with Crippen LogP contribution in [0.15, 0.2) is 30.3 Å². The molecule has 1 aliphatic rings. The molecule has 2 N–H and O–H groups in total. The zero-order chi connectivity index (χ0) is 19.2. The number of hydrogen-bond acceptors (Lipinski definition) is 6. The summed E-state index contributed by atoms with van der Waals surface area (Å²) in [5, 5.41) is 6.28. The molecule has 7 nitrogen and oxygen atoms in total. The second kappa shape index (κ2) is 8.70. The number of anilines is 3. The number of nitrogens with zero attached hydrogens (tertiary/aromatic N) is 3. The Morgan fingerprint density at radius 3 is 2.74 bits per heavy atom. The van der Waals surface area contributed by atoms with Gasteiger partial charge in [0.25, 0.3) is 0 Å². The third-order valence-corrected chi connectivity index (χ3v) is 4.54. The molecular weight excluding hydrogens is 342 g/mol. The average molecular weight is 369 g/mol. The maximum Gasteiger partial charge on any atom is 0.229 e. The van der Waals surface area contributed by atoms with Crippen molar-refractivity contribution in [2.75, 3.05) is 30.4 Å². The molecule has 27 heavy (non-hydrogen) atoms. The van der Waals surface area contributed by atoms with Gasteiger partial charge in [-0.05, 0) is 37.1 Å². The van der Waals surface area contributed by atoms with E-state index in [1.807, 2.05) is 24.3 Å². The largest absolute Gasteiger partial charge is 0.497 e. The summed E-state index contributed by atoms with van der Waals surface area (Å²) in [5.74, 6) is 2.31. The highest BCUT2D eigenvalue weighted by molar-refractivity contribution is 5.73. The number of rotatable bonds is 7. The lowest BCUT2D eigenvalue weighted by Gasteiger charge is -2.19. The van der Waals surface area contributed by atoms with Crippen LogP contribution in [-0.2, 0) is 11.2 Å². The molecule has 144 valence electrons. The lowest BCUT2D eigenvalue weighted by atomic mass is 10.2. The number of amides is 1. The summed E-state index contributed by atoms with van der Waals surface area (Å²) in [6, 6.07) is 9.91. The second-order valence-corrected chi connectivity index (χ2v) is 6.78. The molecule has 0 spiro atoms. The Balaban J connectivity index is 1.78. The standard InChI is InChI=1S/C20H27N5O2/c1-4-5-16-12-19(25-11-10-17(13-25)21-14(2)26)24-20(23-16)22-15-6-8-18(27-3)9-7-15/h6-9,12,17H,4-5,10-11,13H2,1-3H3,(H,21,26)(H,22,23,24). The summed E-state index contributed by atoms with van der Waals surface area (Å²) < 4.78 is 5.20. The Kier molecular flexibility index (Phi) is 6.11. The molecule has 0 saturated carbocycles. The van der Waals surface area contributed by atoms with E-state index in [0.29, 0.717) is 5.95 Å². The first kappa shape index (κ1) is 18.9. The van der Waals surface area contributed by atoms with Gasteiger partial charge in [0, 0.05) is 43.5 Å². The van der Waals surface area contributed by atoms with Crippen LogP contribution in [0.1, 0.15) is 32.4 Å². The normalized spacial score (nSPS) is 16.3. The molecule has 2 heterocycles. The summed E-state index contributed by atoms with van der Waals surface area (Å²) >= 11 is 0. The van der Waals surface area contributed by atoms with Crippen LogP contribution in [0.25, 0.3) is 0 Å². The van der Waals surface area contributed by atoms with E-state index in [1.54, 1.807) is 14.0 Å². The van der Waals surface area contributed by atoms with Crippen LogP contribution in [0.2, 0.25) is 0 Å². The highest BCUT2D eigenvalue weighted by Gasteiger charge is 2.24. The topological polar surface area (TPSA) is 79.4 Å². The van der Waals surface area contributed by atoms with Gasteiger partial charge in [0.05, 0.1) is 7.11 Å². The fourth-order valence-corrected chi connectivity index (χ4v) is 3.26. The third kappa shape index (κ3) is 5.09. The van der Waals surface area contributed by atoms with Crippen molar-refractivity contribution in [3.05, 3.63) is 36.0 Å². The quantitative estimate of drug-likeness (QED) is 0.781. The van der Waals surface area contributed by atoms with Crippen LogP contribution in [-0.4, -0.2) is 42.1 Å². The van der Waals surface area contributed by atoms with Gasteiger partial charge in [0.1, 0.15) is 11.6 Å². The van der Waals surface area contributed by atoms with Crippen molar-refractivity contribution in [1.29, 1.82) is 0 Å². The molecule has 0 bridgehead atoms. The first-order valence-corrected chi connectivity index (χ1v) is 9.38. The Morgan fingerprint density at radius 1 is 1.30 bits per heavy atom. The molecule has 1 fully saturated rings. The smallest absolute Gasteiger partial charge is 0.229 e. The van der Waals surface area contributed by atoms with Crippen LogP contribution < -0.4 is 20.3 Å². The number of nitrogens with one attached hydrogen (secondary N) is 2. The molecule has 7 heteroatoms. The predicted molar refractivity (Wildman–Crippen MR) is 107 cm³/mol. The van der Waals surface area contributed by atoms with Crippen molar-refractivity contribution in [3.63, 3.8) is 0 Å². The zero-order valence-electron chi connectivity index (χ0n) is 16.2. The number of carbonyl (C=O) groups is 1. The van der Waals surface area contributed by atoms with Crippen LogP contribution >= 0.6 is 0 Å². The second-order valence-electron chi connectivity index (χ2n) is 6.78. The minimum atomic E-state index is 0.0121. The van der Waals surface area contributed by atoms with Crippen LogP contribution in [0, 0.1) is 0 Å². The van der Waals surface area contributed by atoms with Crippen molar-refractivity contribution in [1.82, 2.24) is 15.3 Å². The lowest BCUT2D eigenvalue weighted by Crippen LogP contribution is -2.35. The highest BCUT2D eigenvalue weighted by Crippen LogP contribution is 2.23. The number of aryl methyl sites for hydroxylation is 1. The van der Waals surface area contributed by atoms with E-state index in [-0.39, 0.29) is 11.9 Å². The van der Waals surface area contributed by atoms with Gasteiger partial charge in [-0.1, -0.05) is 13.3 Å². The molecule has 1 atom stereocenters. The Labute approximate surface area is 160 Å². The highest BCUT2D eigenvalue weighted by atomic mass is 16.5. The first-order chi connectivity index (χ1) is 13.1. The molecule has 1 amide bonds. The van der Waals surface area contributed by atoms with E-state index < -0.39 is 0 Å². The number of benzene rings is 1. The van der Waals surface area contributed by atoms with Gasteiger partial charge in [-0.2, -0.15) is 4.98 Å². The molecule has 1 saturated heterocycles. The summed E-state index contributed by atoms with van der Waals surface area (Å²) in [6.07, 6.45) is 2.84. The molecule has 1 unspecified atom stereocenters. The van der Waals surface area contributed by atoms with Crippen molar-refractivity contribution in [3.8, 4) is 5.75 Å². The van der Waals surface area contributed by atoms with E-state index in [2.05, 4.69) is 33.5 Å². The molecule has 1 aromatic heterocycles. The summed E-state index contributed by atoms with van der Waals surface area (Å²) in [7, 11) is 1.65. The average Bonchev–Trinajstić information content (AvgIpc) is 3.10. The van der Waals surface area contributed by atoms with E-state index in [9.17, 15) is 4.79 Å². The number of hydrogen-bond donors (Lipinski definition) is 2. The van der Waals surface area contributed by atoms with E-state index in [4.69, 9.17) is 9.72 Å². The minimum Gasteiger partial charge on any atom is -0.497 e. The summed E-state index contributed by atoms with van der Waals surface area (Å²) in [4.78, 5) is 22.9. The summed E-state index contributed by atoms with van der Waals surface area (Å²) in [5.41, 5.74) is 1.93. The molecule has 1 aliphatic heterocycles. The predicted octanol–water partition coefficient (Wildman–Crippen LogP) is 2.90. The lowest BCUT2D eigenvalue weighted by molar-refractivity contribution is -0.119. The molecule has 2 aromatic rings. The summed E-state index contributed by atoms with van der Waals surface area (Å²) in [6.45, 7) is 5.34. The minimum absolute atomic E-state index is 0.0121. The molecular formula is C20H27N5O2. The fraction of sp³-hybridized carbons (Fsp3) is 0.450. The first-order valence-electron chi connectivity index (χ1n) is 9.38. The zero-order valence-corrected chi connectivity index (χ0v) is 16.2. The van der Waals surface area contributed by atoms with Crippen LogP contribution in [0.4, 0.5) is 17.5 Å². The van der Waals surface area contributed by atoms with Crippen molar-refractivity contribution < 1.29 is 9.53 Å². The maximum atomic E-state index is 11.3. The maximum absolute atomic E-state index is 11.3. The van der Waals surface area contributed by atoms with E-state index in [0.717, 1.165) is 55.3 Å². The van der Waals surface area contributed by atoms with Gasteiger partial charge >= 0.3 is 0 Å². The van der Waals surface area contributed by atoms with E-state index >= 15 is 0 Å². The van der Waals surface area contributed by atoms with Crippen molar-refractivity contribution >= 4 is 23.4 Å². The molecule has 0 radical (unpaired) electrons. The van der Waals surface area contributed by atoms with Gasteiger partial charge in [-0.25, -0.2) is 4.98 Å². The van der Waals surface area contributed by atoms with Crippen molar-refractivity contribution in [2.24, 2.45) is 0 Å². The number of aromatic nitrogens is 2. The third-order valence-electron chi connectivity index (χ3n) is 4.54. The number of ether oxygens (including phenoxy) is 1.